The Morgan fingerprint density at radius 3 is 2.58 bits per heavy atom. The second kappa shape index (κ2) is 7.16. The summed E-state index contributed by atoms with van der Waals surface area (Å²) in [6.07, 6.45) is 8.68. The van der Waals surface area contributed by atoms with Crippen molar-refractivity contribution in [3.8, 4) is 0 Å². The maximum absolute atomic E-state index is 12.6. The Kier molecular flexibility index (Phi) is 4.97. The molecule has 2 aromatic rings. The van der Waals surface area contributed by atoms with Crippen LogP contribution in [0.1, 0.15) is 46.7 Å². The molecule has 0 aliphatic carbocycles. The molecule has 3 heterocycles. The van der Waals surface area contributed by atoms with E-state index >= 15 is 0 Å². The van der Waals surface area contributed by atoms with Crippen LogP contribution < -0.4 is 0 Å². The minimum Gasteiger partial charge on any atom is -0.339 e. The van der Waals surface area contributed by atoms with Crippen molar-refractivity contribution < 1.29 is 4.79 Å². The number of rotatable bonds is 4. The molecular weight excluding hydrogens is 300 g/mol. The Morgan fingerprint density at radius 1 is 1.21 bits per heavy atom. The molecule has 0 N–H and O–H groups in total. The molecule has 2 aromatic heterocycles. The molecule has 0 bridgehead atoms. The summed E-state index contributed by atoms with van der Waals surface area (Å²) in [4.78, 5) is 23.1. The van der Waals surface area contributed by atoms with E-state index in [-0.39, 0.29) is 5.91 Å². The highest BCUT2D eigenvalue weighted by atomic mass is 16.2. The zero-order chi connectivity index (χ0) is 17.1. The molecule has 1 fully saturated rings. The lowest BCUT2D eigenvalue weighted by Gasteiger charge is -2.32. The lowest BCUT2D eigenvalue weighted by atomic mass is 9.93. The van der Waals surface area contributed by atoms with E-state index in [1.807, 2.05) is 24.1 Å². The lowest BCUT2D eigenvalue weighted by Crippen LogP contribution is -2.39. The van der Waals surface area contributed by atoms with Crippen molar-refractivity contribution in [3.63, 3.8) is 0 Å². The van der Waals surface area contributed by atoms with Gasteiger partial charge in [0.25, 0.3) is 5.91 Å². The average molecular weight is 326 g/mol. The van der Waals surface area contributed by atoms with Gasteiger partial charge in [-0.05, 0) is 57.6 Å². The second-order valence-corrected chi connectivity index (χ2v) is 6.81. The van der Waals surface area contributed by atoms with Gasteiger partial charge in [-0.25, -0.2) is 4.98 Å². The first-order chi connectivity index (χ1) is 11.6. The molecule has 0 saturated carbocycles. The maximum atomic E-state index is 12.6. The number of aromatic nitrogens is 3. The summed E-state index contributed by atoms with van der Waals surface area (Å²) in [7, 11) is 0. The van der Waals surface area contributed by atoms with Crippen LogP contribution in [0.2, 0.25) is 0 Å². The van der Waals surface area contributed by atoms with E-state index in [0.29, 0.717) is 5.92 Å². The molecule has 5 heteroatoms. The van der Waals surface area contributed by atoms with Crippen LogP contribution in [0.4, 0.5) is 0 Å². The topological polar surface area (TPSA) is 51.0 Å². The Morgan fingerprint density at radius 2 is 1.96 bits per heavy atom. The van der Waals surface area contributed by atoms with Crippen molar-refractivity contribution >= 4 is 5.91 Å². The molecule has 3 rings (SSSR count). The van der Waals surface area contributed by atoms with Crippen LogP contribution in [0.5, 0.6) is 0 Å². The third kappa shape index (κ3) is 3.50. The van der Waals surface area contributed by atoms with Crippen LogP contribution in [0, 0.1) is 26.7 Å². The van der Waals surface area contributed by atoms with E-state index in [2.05, 4.69) is 28.4 Å². The first-order valence-corrected chi connectivity index (χ1v) is 8.75. The van der Waals surface area contributed by atoms with E-state index in [0.717, 1.165) is 55.8 Å². The van der Waals surface area contributed by atoms with Crippen LogP contribution >= 0.6 is 0 Å². The van der Waals surface area contributed by atoms with Gasteiger partial charge in [-0.15, -0.1) is 0 Å². The smallest absolute Gasteiger partial charge is 0.255 e. The van der Waals surface area contributed by atoms with Crippen molar-refractivity contribution in [1.82, 2.24) is 19.4 Å². The SMILES string of the molecule is Cc1ccncc1C(=O)N1CCC(CCn2c(C)cnc2C)CC1. The molecule has 0 atom stereocenters. The predicted octanol–water partition coefficient (Wildman–Crippen LogP) is 3.15. The number of imidazole rings is 1. The van der Waals surface area contributed by atoms with Crippen LogP contribution in [0.25, 0.3) is 0 Å². The van der Waals surface area contributed by atoms with Gasteiger partial charge in [0.1, 0.15) is 5.82 Å². The number of carbonyl (C=O) groups excluding carboxylic acids is 1. The first-order valence-electron chi connectivity index (χ1n) is 8.75. The number of amides is 1. The summed E-state index contributed by atoms with van der Waals surface area (Å²) in [5, 5.41) is 0. The van der Waals surface area contributed by atoms with Crippen molar-refractivity contribution in [3.05, 3.63) is 47.3 Å². The normalized spacial score (nSPS) is 15.7. The molecule has 0 unspecified atom stereocenters. The van der Waals surface area contributed by atoms with E-state index in [1.165, 1.54) is 5.69 Å². The molecule has 5 nitrogen and oxygen atoms in total. The molecule has 0 aromatic carbocycles. The molecule has 0 radical (unpaired) electrons. The van der Waals surface area contributed by atoms with Crippen LogP contribution in [-0.4, -0.2) is 38.4 Å². The predicted molar refractivity (Wildman–Crippen MR) is 93.9 cm³/mol. The third-order valence-corrected chi connectivity index (χ3v) is 5.19. The lowest BCUT2D eigenvalue weighted by molar-refractivity contribution is 0.0683. The molecule has 128 valence electrons. The largest absolute Gasteiger partial charge is 0.339 e. The van der Waals surface area contributed by atoms with Gasteiger partial charge in [-0.2, -0.15) is 0 Å². The summed E-state index contributed by atoms with van der Waals surface area (Å²) < 4.78 is 2.29. The van der Waals surface area contributed by atoms with Crippen LogP contribution in [-0.2, 0) is 6.54 Å². The minimum absolute atomic E-state index is 0.125. The molecule has 1 saturated heterocycles. The van der Waals surface area contributed by atoms with Crippen molar-refractivity contribution in [2.75, 3.05) is 13.1 Å². The number of nitrogens with zero attached hydrogens (tertiary/aromatic N) is 4. The molecule has 1 aliphatic rings. The van der Waals surface area contributed by atoms with Gasteiger partial charge in [-0.3, -0.25) is 9.78 Å². The molecule has 0 spiro atoms. The van der Waals surface area contributed by atoms with E-state index < -0.39 is 0 Å². The molecule has 1 aliphatic heterocycles. The highest BCUT2D eigenvalue weighted by Crippen LogP contribution is 2.23. The van der Waals surface area contributed by atoms with Gasteiger partial charge >= 0.3 is 0 Å². The number of pyridine rings is 1. The van der Waals surface area contributed by atoms with Gasteiger partial charge in [0.05, 0.1) is 5.56 Å². The Hall–Kier alpha value is -2.17. The number of hydrogen-bond acceptors (Lipinski definition) is 3. The number of carbonyl (C=O) groups is 1. The van der Waals surface area contributed by atoms with Gasteiger partial charge in [0.2, 0.25) is 0 Å². The quantitative estimate of drug-likeness (QED) is 0.867. The van der Waals surface area contributed by atoms with Gasteiger partial charge in [0, 0.05) is 43.9 Å². The zero-order valence-corrected chi connectivity index (χ0v) is 14.8. The fraction of sp³-hybridized carbons (Fsp3) is 0.526. The fourth-order valence-electron chi connectivity index (χ4n) is 3.51. The summed E-state index contributed by atoms with van der Waals surface area (Å²) in [6, 6.07) is 1.90. The maximum Gasteiger partial charge on any atom is 0.255 e. The van der Waals surface area contributed by atoms with E-state index in [9.17, 15) is 4.79 Å². The summed E-state index contributed by atoms with van der Waals surface area (Å²) in [5.74, 6) is 1.90. The molecular formula is C19H26N4O. The second-order valence-electron chi connectivity index (χ2n) is 6.81. The van der Waals surface area contributed by atoms with Gasteiger partial charge in [-0.1, -0.05) is 0 Å². The Bertz CT molecular complexity index is 694. The molecule has 1 amide bonds. The van der Waals surface area contributed by atoms with Gasteiger partial charge < -0.3 is 9.47 Å². The summed E-state index contributed by atoms with van der Waals surface area (Å²) in [6.45, 7) is 8.86. The van der Waals surface area contributed by atoms with Crippen LogP contribution in [0.15, 0.2) is 24.7 Å². The zero-order valence-electron chi connectivity index (χ0n) is 14.8. The van der Waals surface area contributed by atoms with Crippen LogP contribution in [0.3, 0.4) is 0 Å². The highest BCUT2D eigenvalue weighted by Gasteiger charge is 2.24. The van der Waals surface area contributed by atoms with Gasteiger partial charge in [0.15, 0.2) is 0 Å². The monoisotopic (exact) mass is 326 g/mol. The third-order valence-electron chi connectivity index (χ3n) is 5.19. The Balaban J connectivity index is 1.53. The van der Waals surface area contributed by atoms with Crippen molar-refractivity contribution in [2.24, 2.45) is 5.92 Å². The number of likely N-dealkylation sites (tertiary alicyclic amines) is 1. The van der Waals surface area contributed by atoms with E-state index in [1.54, 1.807) is 12.4 Å². The first kappa shape index (κ1) is 16.7. The minimum atomic E-state index is 0.125. The number of hydrogen-bond donors (Lipinski definition) is 0. The van der Waals surface area contributed by atoms with Crippen molar-refractivity contribution in [2.45, 2.75) is 46.6 Å². The average Bonchev–Trinajstić information content (AvgIpc) is 2.91. The summed E-state index contributed by atoms with van der Waals surface area (Å²) in [5.41, 5.74) is 2.97. The fourth-order valence-corrected chi connectivity index (χ4v) is 3.51. The number of piperidine rings is 1. The standard InChI is InChI=1S/C19H26N4O/c1-14-4-8-20-13-18(14)19(24)22-9-5-17(6-10-22)7-11-23-15(2)12-21-16(23)3/h4,8,12-13,17H,5-7,9-11H2,1-3H3. The van der Waals surface area contributed by atoms with E-state index in [4.69, 9.17) is 0 Å². The number of aryl methyl sites for hydroxylation is 3. The Labute approximate surface area is 143 Å². The highest BCUT2D eigenvalue weighted by molar-refractivity contribution is 5.95. The molecule has 24 heavy (non-hydrogen) atoms. The van der Waals surface area contributed by atoms with Crippen molar-refractivity contribution in [1.29, 1.82) is 0 Å². The summed E-state index contributed by atoms with van der Waals surface area (Å²) >= 11 is 0.